The molecule has 3 heteroatoms. The number of esters is 1. The molecule has 0 amide bonds. The standard InChI is InChI=1S/C20H28O3/c1-3-23-19-11-10-17-12-16(8-9-18(17)13-19)14-4-6-15(7-5-14)20(21)22-2/h4-7,16-19H,3,8-13H2,1-2H3. The highest BCUT2D eigenvalue weighted by Crippen LogP contribution is 2.46. The number of carbonyl (C=O) groups is 1. The van der Waals surface area contributed by atoms with Crippen LogP contribution in [0.1, 0.15) is 67.3 Å². The van der Waals surface area contributed by atoms with Crippen LogP contribution in [0.25, 0.3) is 0 Å². The number of ether oxygens (including phenoxy) is 2. The summed E-state index contributed by atoms with van der Waals surface area (Å²) in [7, 11) is 1.43. The van der Waals surface area contributed by atoms with Crippen LogP contribution in [-0.2, 0) is 9.47 Å². The first kappa shape index (κ1) is 16.5. The fourth-order valence-corrected chi connectivity index (χ4v) is 4.55. The molecule has 2 fully saturated rings. The number of fused-ring (bicyclic) bond motifs is 1. The molecule has 4 atom stereocenters. The minimum atomic E-state index is -0.255. The van der Waals surface area contributed by atoms with Crippen molar-refractivity contribution in [1.29, 1.82) is 0 Å². The van der Waals surface area contributed by atoms with Gasteiger partial charge in [0.2, 0.25) is 0 Å². The molecule has 0 saturated heterocycles. The van der Waals surface area contributed by atoms with Crippen molar-refractivity contribution in [3.63, 3.8) is 0 Å². The maximum Gasteiger partial charge on any atom is 0.337 e. The van der Waals surface area contributed by atoms with Crippen molar-refractivity contribution in [3.8, 4) is 0 Å². The SMILES string of the molecule is CCOC1CCC2CC(c3ccc(C(=O)OC)cc3)CCC2C1. The minimum Gasteiger partial charge on any atom is -0.465 e. The summed E-state index contributed by atoms with van der Waals surface area (Å²) in [5.41, 5.74) is 2.02. The van der Waals surface area contributed by atoms with Gasteiger partial charge in [-0.2, -0.15) is 0 Å². The zero-order valence-electron chi connectivity index (χ0n) is 14.3. The molecule has 3 nitrogen and oxygen atoms in total. The van der Waals surface area contributed by atoms with Crippen LogP contribution >= 0.6 is 0 Å². The van der Waals surface area contributed by atoms with Crippen molar-refractivity contribution in [2.24, 2.45) is 11.8 Å². The van der Waals surface area contributed by atoms with Crippen LogP contribution in [0.4, 0.5) is 0 Å². The molecule has 0 aromatic heterocycles. The molecule has 2 saturated carbocycles. The molecule has 3 rings (SSSR count). The second-order valence-electron chi connectivity index (χ2n) is 7.03. The molecule has 0 heterocycles. The molecule has 1 aromatic rings. The lowest BCUT2D eigenvalue weighted by molar-refractivity contribution is -0.00955. The van der Waals surface area contributed by atoms with E-state index in [-0.39, 0.29) is 5.97 Å². The van der Waals surface area contributed by atoms with E-state index in [2.05, 4.69) is 19.1 Å². The zero-order chi connectivity index (χ0) is 16.2. The summed E-state index contributed by atoms with van der Waals surface area (Å²) in [5, 5.41) is 0. The monoisotopic (exact) mass is 316 g/mol. The average molecular weight is 316 g/mol. The van der Waals surface area contributed by atoms with E-state index in [0.717, 1.165) is 18.4 Å². The van der Waals surface area contributed by atoms with Crippen molar-refractivity contribution in [3.05, 3.63) is 35.4 Å². The van der Waals surface area contributed by atoms with E-state index in [1.807, 2.05) is 12.1 Å². The van der Waals surface area contributed by atoms with Gasteiger partial charge >= 0.3 is 5.97 Å². The summed E-state index contributed by atoms with van der Waals surface area (Å²) < 4.78 is 10.6. The maximum absolute atomic E-state index is 11.5. The molecule has 0 radical (unpaired) electrons. The fraction of sp³-hybridized carbons (Fsp3) is 0.650. The summed E-state index contributed by atoms with van der Waals surface area (Å²) in [6.07, 6.45) is 8.16. The Kier molecular flexibility index (Phi) is 5.37. The Balaban J connectivity index is 1.60. The molecule has 2 aliphatic rings. The van der Waals surface area contributed by atoms with E-state index >= 15 is 0 Å². The largest absolute Gasteiger partial charge is 0.465 e. The average Bonchev–Trinajstić information content (AvgIpc) is 2.61. The van der Waals surface area contributed by atoms with Crippen LogP contribution in [0, 0.1) is 11.8 Å². The van der Waals surface area contributed by atoms with Crippen molar-refractivity contribution in [1.82, 2.24) is 0 Å². The molecule has 126 valence electrons. The van der Waals surface area contributed by atoms with Crippen LogP contribution in [0.15, 0.2) is 24.3 Å². The number of benzene rings is 1. The molecule has 23 heavy (non-hydrogen) atoms. The second-order valence-corrected chi connectivity index (χ2v) is 7.03. The van der Waals surface area contributed by atoms with Gasteiger partial charge in [-0.3, -0.25) is 0 Å². The molecular weight excluding hydrogens is 288 g/mol. The lowest BCUT2D eigenvalue weighted by Crippen LogP contribution is -2.33. The van der Waals surface area contributed by atoms with Gasteiger partial charge in [0, 0.05) is 6.61 Å². The van der Waals surface area contributed by atoms with Gasteiger partial charge in [0.25, 0.3) is 0 Å². The smallest absolute Gasteiger partial charge is 0.337 e. The minimum absolute atomic E-state index is 0.255. The fourth-order valence-electron chi connectivity index (χ4n) is 4.55. The molecule has 0 bridgehead atoms. The molecule has 1 aromatic carbocycles. The highest BCUT2D eigenvalue weighted by molar-refractivity contribution is 5.89. The highest BCUT2D eigenvalue weighted by atomic mass is 16.5. The number of hydrogen-bond acceptors (Lipinski definition) is 3. The quantitative estimate of drug-likeness (QED) is 0.764. The summed E-state index contributed by atoms with van der Waals surface area (Å²) in [6.45, 7) is 2.94. The van der Waals surface area contributed by atoms with E-state index in [1.165, 1.54) is 51.2 Å². The van der Waals surface area contributed by atoms with Crippen molar-refractivity contribution < 1.29 is 14.3 Å². The molecule has 0 spiro atoms. The van der Waals surface area contributed by atoms with E-state index in [1.54, 1.807) is 0 Å². The Hall–Kier alpha value is -1.35. The summed E-state index contributed by atoms with van der Waals surface area (Å²) >= 11 is 0. The summed E-state index contributed by atoms with van der Waals surface area (Å²) in [4.78, 5) is 11.5. The van der Waals surface area contributed by atoms with E-state index in [4.69, 9.17) is 9.47 Å². The number of hydrogen-bond donors (Lipinski definition) is 0. The van der Waals surface area contributed by atoms with Crippen molar-refractivity contribution in [2.75, 3.05) is 13.7 Å². The third-order valence-corrected chi connectivity index (χ3v) is 5.77. The van der Waals surface area contributed by atoms with Gasteiger partial charge in [0.15, 0.2) is 0 Å². The predicted octanol–water partition coefficient (Wildman–Crippen LogP) is 4.56. The Morgan fingerprint density at radius 1 is 1.04 bits per heavy atom. The Morgan fingerprint density at radius 3 is 2.43 bits per heavy atom. The van der Waals surface area contributed by atoms with Crippen molar-refractivity contribution >= 4 is 5.97 Å². The molecule has 2 aliphatic carbocycles. The third-order valence-electron chi connectivity index (χ3n) is 5.77. The van der Waals surface area contributed by atoms with Gasteiger partial charge in [-0.25, -0.2) is 4.79 Å². The topological polar surface area (TPSA) is 35.5 Å². The van der Waals surface area contributed by atoms with E-state index in [9.17, 15) is 4.79 Å². The Bertz CT molecular complexity index is 522. The Labute approximate surface area is 139 Å². The molecular formula is C20H28O3. The second kappa shape index (κ2) is 7.48. The van der Waals surface area contributed by atoms with Crippen molar-refractivity contribution in [2.45, 2.75) is 57.5 Å². The number of carbonyl (C=O) groups excluding carboxylic acids is 1. The first-order valence-electron chi connectivity index (χ1n) is 9.01. The van der Waals surface area contributed by atoms with E-state index < -0.39 is 0 Å². The van der Waals surface area contributed by atoms with Gasteiger partial charge in [-0.05, 0) is 80.9 Å². The van der Waals surface area contributed by atoms with E-state index in [0.29, 0.717) is 17.6 Å². The number of methoxy groups -OCH3 is 1. The molecule has 4 unspecified atom stereocenters. The van der Waals surface area contributed by atoms with Crippen LogP contribution in [0.5, 0.6) is 0 Å². The van der Waals surface area contributed by atoms with Gasteiger partial charge in [-0.15, -0.1) is 0 Å². The van der Waals surface area contributed by atoms with Crippen LogP contribution in [-0.4, -0.2) is 25.8 Å². The van der Waals surface area contributed by atoms with Crippen LogP contribution in [0.3, 0.4) is 0 Å². The summed E-state index contributed by atoms with van der Waals surface area (Å²) in [5.74, 6) is 2.10. The van der Waals surface area contributed by atoms with Crippen LogP contribution < -0.4 is 0 Å². The number of rotatable bonds is 4. The van der Waals surface area contributed by atoms with Gasteiger partial charge < -0.3 is 9.47 Å². The first-order chi connectivity index (χ1) is 11.2. The van der Waals surface area contributed by atoms with Gasteiger partial charge in [0.1, 0.15) is 0 Å². The maximum atomic E-state index is 11.5. The van der Waals surface area contributed by atoms with Gasteiger partial charge in [0.05, 0.1) is 18.8 Å². The zero-order valence-corrected chi connectivity index (χ0v) is 14.3. The summed E-state index contributed by atoms with van der Waals surface area (Å²) in [6, 6.07) is 8.03. The molecule has 0 N–H and O–H groups in total. The predicted molar refractivity (Wildman–Crippen MR) is 90.6 cm³/mol. The van der Waals surface area contributed by atoms with Crippen LogP contribution in [0.2, 0.25) is 0 Å². The normalized spacial score (nSPS) is 30.5. The van der Waals surface area contributed by atoms with Gasteiger partial charge in [-0.1, -0.05) is 12.1 Å². The lowest BCUT2D eigenvalue weighted by atomic mass is 9.65. The lowest BCUT2D eigenvalue weighted by Gasteiger charge is -2.42. The third kappa shape index (κ3) is 3.77. The highest BCUT2D eigenvalue weighted by Gasteiger charge is 2.36. The molecule has 0 aliphatic heterocycles. The Morgan fingerprint density at radius 2 is 1.74 bits per heavy atom. The first-order valence-corrected chi connectivity index (χ1v) is 9.01.